The number of rotatable bonds is 62. The minimum absolute atomic E-state index is 0.0305. The van der Waals surface area contributed by atoms with Crippen molar-refractivity contribution in [1.29, 1.82) is 0 Å². The summed E-state index contributed by atoms with van der Waals surface area (Å²) >= 11 is 0. The number of esters is 1. The molecular weight excluding hydrogens is 1060 g/mol. The molecule has 0 bridgehead atoms. The van der Waals surface area contributed by atoms with E-state index < -0.39 is 20.0 Å². The topological polar surface area (TPSA) is 111 Å². The van der Waals surface area contributed by atoms with Crippen molar-refractivity contribution in [2.24, 2.45) is 0 Å². The standard InChI is InChI=1S/C74H131N2O7P/c1-7-10-13-16-19-22-25-28-30-32-34-36-37-38-39-41-42-44-46-48-51-54-57-60-63-66-73(77)75-71(70-82-84(79,80)81-69-68-76(4,5)6)72(65-62-59-56-53-50-27-24-21-18-15-12-9-3)83-74(78)67-64-61-58-55-52-49-47-45-43-40-35-33-31-29-26-23-20-17-14-11-8-2/h19-20,22-23,28-31,34-36,38-40,45,47,62,65,71-72H,7-18,21,24-27,32-33,37,41-44,46,48-61,63-64,66-70H2,1-6H3,(H-,75,77,79,80)/p+1/b22-19-,23-20-,30-28-,31-29-,36-34-,39-38-,40-35-,47-45-,65-62-. The first-order valence-electron chi connectivity index (χ1n) is 34.7. The van der Waals surface area contributed by atoms with E-state index in [2.05, 4.69) is 123 Å². The van der Waals surface area contributed by atoms with Crippen LogP contribution in [0.4, 0.5) is 0 Å². The third-order valence-electron chi connectivity index (χ3n) is 14.9. The maximum atomic E-state index is 13.6. The van der Waals surface area contributed by atoms with Gasteiger partial charge < -0.3 is 19.4 Å². The van der Waals surface area contributed by atoms with Gasteiger partial charge in [0.25, 0.3) is 0 Å². The molecule has 0 aromatic heterocycles. The highest BCUT2D eigenvalue weighted by molar-refractivity contribution is 7.47. The van der Waals surface area contributed by atoms with E-state index in [0.29, 0.717) is 23.9 Å². The third-order valence-corrected chi connectivity index (χ3v) is 15.9. The molecule has 0 rings (SSSR count). The molecule has 9 nitrogen and oxygen atoms in total. The molecule has 0 aromatic rings. The predicted molar refractivity (Wildman–Crippen MR) is 364 cm³/mol. The number of ether oxygens (including phenoxy) is 1. The Morgan fingerprint density at radius 3 is 1.11 bits per heavy atom. The Morgan fingerprint density at radius 2 is 0.726 bits per heavy atom. The molecule has 0 heterocycles. The number of likely N-dealkylation sites (N-methyl/N-ethyl adjacent to an activating group) is 1. The molecule has 0 spiro atoms. The van der Waals surface area contributed by atoms with Gasteiger partial charge in [-0.05, 0) is 122 Å². The average molecular weight is 1190 g/mol. The highest BCUT2D eigenvalue weighted by atomic mass is 31.2. The van der Waals surface area contributed by atoms with Crippen LogP contribution in [0.3, 0.4) is 0 Å². The summed E-state index contributed by atoms with van der Waals surface area (Å²) in [7, 11) is 1.47. The molecular formula is C74H132N2O7P+. The predicted octanol–water partition coefficient (Wildman–Crippen LogP) is 22.1. The van der Waals surface area contributed by atoms with Crippen LogP contribution in [0.15, 0.2) is 109 Å². The molecule has 1 amide bonds. The minimum Gasteiger partial charge on any atom is -0.456 e. The van der Waals surface area contributed by atoms with Crippen LogP contribution in [0, 0.1) is 0 Å². The van der Waals surface area contributed by atoms with Gasteiger partial charge in [-0.1, -0.05) is 272 Å². The fourth-order valence-electron chi connectivity index (χ4n) is 9.55. The van der Waals surface area contributed by atoms with Gasteiger partial charge in [0, 0.05) is 12.8 Å². The average Bonchev–Trinajstić information content (AvgIpc) is 3.64. The van der Waals surface area contributed by atoms with Crippen molar-refractivity contribution in [2.45, 2.75) is 309 Å². The summed E-state index contributed by atoms with van der Waals surface area (Å²) in [6.07, 6.45) is 86.6. The monoisotopic (exact) mass is 1190 g/mol. The summed E-state index contributed by atoms with van der Waals surface area (Å²) in [4.78, 5) is 37.9. The maximum absolute atomic E-state index is 13.6. The van der Waals surface area contributed by atoms with Gasteiger partial charge in [0.05, 0.1) is 33.8 Å². The van der Waals surface area contributed by atoms with Crippen LogP contribution in [0.2, 0.25) is 0 Å². The zero-order chi connectivity index (χ0) is 61.4. The van der Waals surface area contributed by atoms with Crippen molar-refractivity contribution in [2.75, 3.05) is 40.9 Å². The number of phosphoric ester groups is 1. The second-order valence-electron chi connectivity index (χ2n) is 24.3. The zero-order valence-corrected chi connectivity index (χ0v) is 56.3. The van der Waals surface area contributed by atoms with Gasteiger partial charge in [0.15, 0.2) is 0 Å². The summed E-state index contributed by atoms with van der Waals surface area (Å²) in [5.41, 5.74) is 0. The Balaban J connectivity index is 5.17. The number of allylic oxidation sites excluding steroid dienone is 17. The van der Waals surface area contributed by atoms with Gasteiger partial charge in [0.1, 0.15) is 19.3 Å². The van der Waals surface area contributed by atoms with E-state index in [0.717, 1.165) is 122 Å². The summed E-state index contributed by atoms with van der Waals surface area (Å²) in [5.74, 6) is -0.534. The Kier molecular flexibility index (Phi) is 60.2. The van der Waals surface area contributed by atoms with E-state index in [-0.39, 0.29) is 31.5 Å². The number of phosphoric acid groups is 1. The van der Waals surface area contributed by atoms with Crippen LogP contribution in [-0.4, -0.2) is 74.3 Å². The van der Waals surface area contributed by atoms with Crippen molar-refractivity contribution in [3.63, 3.8) is 0 Å². The second-order valence-corrected chi connectivity index (χ2v) is 25.8. The molecule has 0 aliphatic rings. The molecule has 0 fully saturated rings. The van der Waals surface area contributed by atoms with Crippen molar-refractivity contribution in [1.82, 2.24) is 5.32 Å². The van der Waals surface area contributed by atoms with Crippen LogP contribution in [0.1, 0.15) is 297 Å². The van der Waals surface area contributed by atoms with Crippen LogP contribution in [-0.2, 0) is 27.9 Å². The Labute approximate surface area is 519 Å². The molecule has 3 atom stereocenters. The SMILES string of the molecule is CCCCC/C=C\C/C=C\C/C=C\C/C=C\CCCCCCCCCCCC(=O)NC(COP(=O)(O)OCC[N+](C)(C)C)C(/C=C\CCCCCCCCCCCC)OC(=O)CCCCCCC/C=C\C/C=C\C/C=C\C/C=C\CCCCC. The lowest BCUT2D eigenvalue weighted by molar-refractivity contribution is -0.870. The van der Waals surface area contributed by atoms with Crippen molar-refractivity contribution < 1.29 is 37.3 Å². The number of unbranched alkanes of at least 4 members (excludes halogenated alkanes) is 30. The lowest BCUT2D eigenvalue weighted by Gasteiger charge is -2.27. The maximum Gasteiger partial charge on any atom is 0.472 e. The van der Waals surface area contributed by atoms with Gasteiger partial charge in [0.2, 0.25) is 5.91 Å². The molecule has 2 N–H and O–H groups in total. The number of hydrogen-bond acceptors (Lipinski definition) is 6. The van der Waals surface area contributed by atoms with E-state index in [1.54, 1.807) is 0 Å². The van der Waals surface area contributed by atoms with Crippen LogP contribution in [0.5, 0.6) is 0 Å². The summed E-state index contributed by atoms with van der Waals surface area (Å²) in [6.45, 7) is 6.94. The van der Waals surface area contributed by atoms with Crippen LogP contribution >= 0.6 is 7.82 Å². The van der Waals surface area contributed by atoms with Gasteiger partial charge in [-0.3, -0.25) is 18.6 Å². The lowest BCUT2D eigenvalue weighted by atomic mass is 10.0. The number of carbonyl (C=O) groups is 2. The number of hydrogen-bond donors (Lipinski definition) is 2. The normalized spacial score (nSPS) is 14.2. The Bertz CT molecular complexity index is 1810. The molecule has 0 aliphatic carbocycles. The van der Waals surface area contributed by atoms with E-state index in [9.17, 15) is 19.0 Å². The summed E-state index contributed by atoms with van der Waals surface area (Å²) < 4.78 is 30.8. The fourth-order valence-corrected chi connectivity index (χ4v) is 10.3. The highest BCUT2D eigenvalue weighted by Gasteiger charge is 2.30. The fraction of sp³-hybridized carbons (Fsp3) is 0.730. The van der Waals surface area contributed by atoms with Gasteiger partial charge in [-0.25, -0.2) is 4.57 Å². The van der Waals surface area contributed by atoms with E-state index in [1.807, 2.05) is 33.3 Å². The molecule has 484 valence electrons. The van der Waals surface area contributed by atoms with Crippen LogP contribution < -0.4 is 5.32 Å². The number of amides is 1. The van der Waals surface area contributed by atoms with Gasteiger partial charge in [-0.15, -0.1) is 0 Å². The number of carbonyl (C=O) groups excluding carboxylic acids is 2. The smallest absolute Gasteiger partial charge is 0.456 e. The van der Waals surface area contributed by atoms with Crippen molar-refractivity contribution >= 4 is 19.7 Å². The number of quaternary nitrogens is 1. The Morgan fingerprint density at radius 1 is 0.417 bits per heavy atom. The largest absolute Gasteiger partial charge is 0.472 e. The first kappa shape index (κ1) is 80.7. The molecule has 10 heteroatoms. The van der Waals surface area contributed by atoms with E-state index >= 15 is 0 Å². The lowest BCUT2D eigenvalue weighted by Crippen LogP contribution is -2.47. The quantitative estimate of drug-likeness (QED) is 0.0205. The van der Waals surface area contributed by atoms with E-state index in [4.69, 9.17) is 13.8 Å². The number of nitrogens with one attached hydrogen (secondary N) is 1. The van der Waals surface area contributed by atoms with Gasteiger partial charge in [-0.2, -0.15) is 0 Å². The van der Waals surface area contributed by atoms with Crippen molar-refractivity contribution in [3.8, 4) is 0 Å². The summed E-state index contributed by atoms with van der Waals surface area (Å²) in [5, 5.41) is 3.06. The highest BCUT2D eigenvalue weighted by Crippen LogP contribution is 2.43. The zero-order valence-electron chi connectivity index (χ0n) is 55.4. The van der Waals surface area contributed by atoms with Gasteiger partial charge >= 0.3 is 13.8 Å². The molecule has 84 heavy (non-hydrogen) atoms. The molecule has 0 saturated carbocycles. The molecule has 0 aromatic carbocycles. The Hall–Kier alpha value is -3.33. The molecule has 0 aliphatic heterocycles. The summed E-state index contributed by atoms with van der Waals surface area (Å²) in [6, 6.07) is -0.868. The minimum atomic E-state index is -4.47. The number of nitrogens with zero attached hydrogens (tertiary/aromatic N) is 1. The van der Waals surface area contributed by atoms with Crippen molar-refractivity contribution in [3.05, 3.63) is 109 Å². The molecule has 0 radical (unpaired) electrons. The molecule has 0 saturated heterocycles. The first-order chi connectivity index (χ1) is 40.9. The second kappa shape index (κ2) is 62.7. The third kappa shape index (κ3) is 63.2. The van der Waals surface area contributed by atoms with Crippen LogP contribution in [0.25, 0.3) is 0 Å². The first-order valence-corrected chi connectivity index (χ1v) is 36.2. The molecule has 3 unspecified atom stereocenters. The van der Waals surface area contributed by atoms with E-state index in [1.165, 1.54) is 135 Å².